The summed E-state index contributed by atoms with van der Waals surface area (Å²) in [6, 6.07) is 5.85. The van der Waals surface area contributed by atoms with Crippen molar-refractivity contribution in [3.63, 3.8) is 0 Å². The highest BCUT2D eigenvalue weighted by molar-refractivity contribution is 7.20. The van der Waals surface area contributed by atoms with Crippen LogP contribution in [0, 0.1) is 0 Å². The van der Waals surface area contributed by atoms with Crippen LogP contribution in [0.3, 0.4) is 0 Å². The molecule has 68 valence electrons. The molecule has 0 bridgehead atoms. The molecule has 0 unspecified atom stereocenters. The maximum atomic E-state index is 6.18. The van der Waals surface area contributed by atoms with Crippen LogP contribution in [0.2, 0.25) is 10.0 Å². The van der Waals surface area contributed by atoms with Crippen LogP contribution in [0.25, 0.3) is 10.1 Å². The number of halogens is 2. The molecule has 0 aliphatic rings. The first-order valence-corrected chi connectivity index (χ1v) is 5.66. The lowest BCUT2D eigenvalue weighted by Gasteiger charge is -1.91. The average Bonchev–Trinajstić information content (AvgIpc) is 2.45. The zero-order valence-corrected chi connectivity index (χ0v) is 9.43. The molecule has 0 saturated heterocycles. The molecule has 13 heavy (non-hydrogen) atoms. The second-order valence-electron chi connectivity index (χ2n) is 2.81. The minimum atomic E-state index is 0.795. The lowest BCUT2D eigenvalue weighted by Crippen LogP contribution is -1.70. The summed E-state index contributed by atoms with van der Waals surface area (Å²) >= 11 is 13.9. The summed E-state index contributed by atoms with van der Waals surface area (Å²) in [6.07, 6.45) is 0.967. The quantitative estimate of drug-likeness (QED) is 0.663. The molecule has 0 amide bonds. The number of aryl methyl sites for hydroxylation is 1. The van der Waals surface area contributed by atoms with Crippen LogP contribution in [0.5, 0.6) is 0 Å². The van der Waals surface area contributed by atoms with E-state index in [0.29, 0.717) is 0 Å². The van der Waals surface area contributed by atoms with Crippen LogP contribution in [-0.2, 0) is 6.42 Å². The van der Waals surface area contributed by atoms with E-state index in [0.717, 1.165) is 26.6 Å². The molecule has 0 aliphatic heterocycles. The van der Waals surface area contributed by atoms with Gasteiger partial charge in [0.05, 0.1) is 14.7 Å². The summed E-state index contributed by atoms with van der Waals surface area (Å²) in [5, 5.41) is 2.74. The van der Waals surface area contributed by atoms with Gasteiger partial charge in [-0.2, -0.15) is 0 Å². The minimum absolute atomic E-state index is 0.795. The van der Waals surface area contributed by atoms with Gasteiger partial charge in [0, 0.05) is 10.3 Å². The third-order valence-electron chi connectivity index (χ3n) is 1.99. The molecular weight excluding hydrogens is 223 g/mol. The van der Waals surface area contributed by atoms with Gasteiger partial charge in [0.25, 0.3) is 0 Å². The molecule has 0 fully saturated rings. The maximum absolute atomic E-state index is 6.18. The van der Waals surface area contributed by atoms with E-state index in [-0.39, 0.29) is 0 Å². The van der Waals surface area contributed by atoms with E-state index in [2.05, 4.69) is 6.92 Å². The molecule has 0 saturated carbocycles. The second kappa shape index (κ2) is 3.49. The Kier molecular flexibility index (Phi) is 2.50. The first kappa shape index (κ1) is 9.32. The molecule has 0 N–H and O–H groups in total. The highest BCUT2D eigenvalue weighted by Gasteiger charge is 2.10. The topological polar surface area (TPSA) is 0 Å². The van der Waals surface area contributed by atoms with Gasteiger partial charge in [0.1, 0.15) is 0 Å². The van der Waals surface area contributed by atoms with Gasteiger partial charge in [-0.1, -0.05) is 42.3 Å². The molecule has 2 aromatic rings. The van der Waals surface area contributed by atoms with Crippen molar-refractivity contribution in [2.24, 2.45) is 0 Å². The van der Waals surface area contributed by atoms with Gasteiger partial charge in [-0.05, 0) is 12.5 Å². The number of thiophene rings is 1. The summed E-state index contributed by atoms with van der Waals surface area (Å²) < 4.78 is 1.10. The van der Waals surface area contributed by atoms with E-state index in [1.807, 2.05) is 18.2 Å². The van der Waals surface area contributed by atoms with Gasteiger partial charge in [0.15, 0.2) is 0 Å². The summed E-state index contributed by atoms with van der Waals surface area (Å²) in [7, 11) is 0. The molecule has 1 heterocycles. The third-order valence-corrected chi connectivity index (χ3v) is 4.35. The highest BCUT2D eigenvalue weighted by Crippen LogP contribution is 2.38. The van der Waals surface area contributed by atoms with Crippen molar-refractivity contribution in [3.05, 3.63) is 33.1 Å². The van der Waals surface area contributed by atoms with Crippen molar-refractivity contribution in [1.82, 2.24) is 0 Å². The Bertz CT molecular complexity index is 445. The molecule has 3 heteroatoms. The van der Waals surface area contributed by atoms with Gasteiger partial charge in [-0.15, -0.1) is 11.3 Å². The lowest BCUT2D eigenvalue weighted by molar-refractivity contribution is 1.19. The zero-order valence-electron chi connectivity index (χ0n) is 7.10. The van der Waals surface area contributed by atoms with E-state index >= 15 is 0 Å². The van der Waals surface area contributed by atoms with Crippen molar-refractivity contribution < 1.29 is 0 Å². The fraction of sp³-hybridized carbons (Fsp3) is 0.200. The van der Waals surface area contributed by atoms with E-state index < -0.39 is 0 Å². The van der Waals surface area contributed by atoms with Crippen molar-refractivity contribution in [3.8, 4) is 0 Å². The number of benzene rings is 1. The maximum Gasteiger partial charge on any atom is 0.0624 e. The second-order valence-corrected chi connectivity index (χ2v) is 4.70. The Hall–Kier alpha value is -0.240. The first-order valence-electron chi connectivity index (χ1n) is 4.09. The largest absolute Gasteiger partial charge is 0.137 e. The summed E-state index contributed by atoms with van der Waals surface area (Å²) in [5.74, 6) is 0. The molecule has 0 spiro atoms. The summed E-state index contributed by atoms with van der Waals surface area (Å²) in [4.78, 5) is 1.21. The highest BCUT2D eigenvalue weighted by atomic mass is 35.5. The predicted molar refractivity (Wildman–Crippen MR) is 61.2 cm³/mol. The molecule has 1 aromatic carbocycles. The SMILES string of the molecule is CCc1sc2c(Cl)cccc2c1Cl. The summed E-state index contributed by atoms with van der Waals surface area (Å²) in [5.41, 5.74) is 0. The smallest absolute Gasteiger partial charge is 0.0624 e. The van der Waals surface area contributed by atoms with Crippen LogP contribution in [-0.4, -0.2) is 0 Å². The fourth-order valence-corrected chi connectivity index (χ4v) is 3.12. The van der Waals surface area contributed by atoms with Crippen LogP contribution in [0.15, 0.2) is 18.2 Å². The molecule has 0 aliphatic carbocycles. The molecule has 2 rings (SSSR count). The van der Waals surface area contributed by atoms with E-state index in [4.69, 9.17) is 23.2 Å². The molecule has 0 radical (unpaired) electrons. The Morgan fingerprint density at radius 1 is 1.31 bits per heavy atom. The van der Waals surface area contributed by atoms with Crippen molar-refractivity contribution in [2.45, 2.75) is 13.3 Å². The minimum Gasteiger partial charge on any atom is -0.137 e. The third kappa shape index (κ3) is 1.45. The van der Waals surface area contributed by atoms with E-state index in [1.54, 1.807) is 11.3 Å². The number of rotatable bonds is 1. The molecule has 0 nitrogen and oxygen atoms in total. The lowest BCUT2D eigenvalue weighted by atomic mass is 10.2. The van der Waals surface area contributed by atoms with Crippen molar-refractivity contribution in [1.29, 1.82) is 0 Å². The zero-order chi connectivity index (χ0) is 9.42. The fourth-order valence-electron chi connectivity index (χ4n) is 1.33. The number of hydrogen-bond donors (Lipinski definition) is 0. The van der Waals surface area contributed by atoms with Gasteiger partial charge in [-0.3, -0.25) is 0 Å². The Labute approximate surface area is 91.1 Å². The van der Waals surface area contributed by atoms with E-state index in [9.17, 15) is 0 Å². The first-order chi connectivity index (χ1) is 6.24. The molecule has 0 atom stereocenters. The van der Waals surface area contributed by atoms with Crippen molar-refractivity contribution in [2.75, 3.05) is 0 Å². The van der Waals surface area contributed by atoms with Crippen LogP contribution in [0.4, 0.5) is 0 Å². The van der Waals surface area contributed by atoms with E-state index in [1.165, 1.54) is 4.88 Å². The van der Waals surface area contributed by atoms with Gasteiger partial charge in [-0.25, -0.2) is 0 Å². The monoisotopic (exact) mass is 230 g/mol. The van der Waals surface area contributed by atoms with Gasteiger partial charge < -0.3 is 0 Å². The predicted octanol–water partition coefficient (Wildman–Crippen LogP) is 4.77. The molecular formula is C10H8Cl2S. The molecule has 1 aromatic heterocycles. The van der Waals surface area contributed by atoms with Crippen molar-refractivity contribution >= 4 is 44.6 Å². The Balaban J connectivity index is 2.83. The standard InChI is InChI=1S/C10H8Cl2S/c1-2-8-9(12)6-4-3-5-7(11)10(6)13-8/h3-5H,2H2,1H3. The normalized spacial score (nSPS) is 11.0. The Morgan fingerprint density at radius 3 is 2.69 bits per heavy atom. The van der Waals surface area contributed by atoms with Crippen LogP contribution >= 0.6 is 34.5 Å². The average molecular weight is 231 g/mol. The van der Waals surface area contributed by atoms with Crippen LogP contribution < -0.4 is 0 Å². The number of hydrogen-bond acceptors (Lipinski definition) is 1. The number of fused-ring (bicyclic) bond motifs is 1. The van der Waals surface area contributed by atoms with Gasteiger partial charge >= 0.3 is 0 Å². The Morgan fingerprint density at radius 2 is 2.08 bits per heavy atom. The van der Waals surface area contributed by atoms with Crippen LogP contribution in [0.1, 0.15) is 11.8 Å². The summed E-state index contributed by atoms with van der Waals surface area (Å²) in [6.45, 7) is 2.10. The van der Waals surface area contributed by atoms with Gasteiger partial charge in [0.2, 0.25) is 0 Å².